The maximum atomic E-state index is 12.9. The zero-order chi connectivity index (χ0) is 23.5. The molecule has 0 spiro atoms. The Labute approximate surface area is 191 Å². The SMILES string of the molecule is COc1ccc(C(=O)Nc2ccc(S(=O)(=O)N[C@H](C)C3CCN(C)CC3)cc2C)c(C)c1. The van der Waals surface area contributed by atoms with Crippen LogP contribution in [0.1, 0.15) is 41.3 Å². The maximum absolute atomic E-state index is 12.9. The molecule has 3 rings (SSSR count). The van der Waals surface area contributed by atoms with Crippen LogP contribution in [0.15, 0.2) is 41.3 Å². The van der Waals surface area contributed by atoms with E-state index in [1.165, 1.54) is 6.07 Å². The van der Waals surface area contributed by atoms with Crippen molar-refractivity contribution in [2.45, 2.75) is 44.6 Å². The number of carbonyl (C=O) groups excluding carboxylic acids is 1. The van der Waals surface area contributed by atoms with Gasteiger partial charge in [0.05, 0.1) is 12.0 Å². The molecule has 7 nitrogen and oxygen atoms in total. The summed E-state index contributed by atoms with van der Waals surface area (Å²) < 4.78 is 33.9. The third-order valence-corrected chi connectivity index (χ3v) is 7.80. The Balaban J connectivity index is 1.70. The molecule has 8 heteroatoms. The lowest BCUT2D eigenvalue weighted by Crippen LogP contribution is -2.42. The fourth-order valence-corrected chi connectivity index (χ4v) is 5.49. The van der Waals surface area contributed by atoms with E-state index in [0.29, 0.717) is 28.5 Å². The van der Waals surface area contributed by atoms with E-state index < -0.39 is 10.0 Å². The number of sulfonamides is 1. The van der Waals surface area contributed by atoms with Crippen LogP contribution in [0.5, 0.6) is 5.75 Å². The second-order valence-electron chi connectivity index (χ2n) is 8.66. The number of hydrogen-bond acceptors (Lipinski definition) is 5. The van der Waals surface area contributed by atoms with Gasteiger partial charge >= 0.3 is 0 Å². The minimum absolute atomic E-state index is 0.133. The number of nitrogens with one attached hydrogen (secondary N) is 2. The Hall–Kier alpha value is -2.42. The topological polar surface area (TPSA) is 87.7 Å². The van der Waals surface area contributed by atoms with Crippen molar-refractivity contribution in [3.05, 3.63) is 53.1 Å². The molecule has 1 fully saturated rings. The van der Waals surface area contributed by atoms with E-state index in [1.54, 1.807) is 44.4 Å². The van der Waals surface area contributed by atoms with Crippen LogP contribution in [0.3, 0.4) is 0 Å². The molecule has 2 aromatic rings. The van der Waals surface area contributed by atoms with E-state index in [4.69, 9.17) is 4.74 Å². The number of benzene rings is 2. The van der Waals surface area contributed by atoms with Gasteiger partial charge in [-0.3, -0.25) is 4.79 Å². The van der Waals surface area contributed by atoms with Crippen molar-refractivity contribution in [2.75, 3.05) is 32.6 Å². The Morgan fingerprint density at radius 3 is 2.38 bits per heavy atom. The van der Waals surface area contributed by atoms with Crippen molar-refractivity contribution in [1.82, 2.24) is 9.62 Å². The van der Waals surface area contributed by atoms with Crippen molar-refractivity contribution in [2.24, 2.45) is 5.92 Å². The summed E-state index contributed by atoms with van der Waals surface area (Å²) in [5, 5.41) is 2.88. The lowest BCUT2D eigenvalue weighted by atomic mass is 9.91. The highest BCUT2D eigenvalue weighted by Gasteiger charge is 2.26. The van der Waals surface area contributed by atoms with E-state index in [9.17, 15) is 13.2 Å². The Bertz CT molecular complexity index is 1080. The van der Waals surface area contributed by atoms with Gasteiger partial charge in [0.25, 0.3) is 5.91 Å². The molecule has 32 heavy (non-hydrogen) atoms. The van der Waals surface area contributed by atoms with Crippen molar-refractivity contribution < 1.29 is 17.9 Å². The zero-order valence-corrected chi connectivity index (χ0v) is 20.3. The van der Waals surface area contributed by atoms with Crippen LogP contribution in [0.4, 0.5) is 5.69 Å². The molecule has 1 aliphatic rings. The first kappa shape index (κ1) is 24.2. The van der Waals surface area contributed by atoms with Crippen LogP contribution in [0.25, 0.3) is 0 Å². The van der Waals surface area contributed by atoms with Gasteiger partial charge < -0.3 is 15.0 Å². The summed E-state index contributed by atoms with van der Waals surface area (Å²) in [7, 11) is 0.0207. The van der Waals surface area contributed by atoms with Gasteiger partial charge in [0, 0.05) is 17.3 Å². The molecule has 0 aliphatic carbocycles. The summed E-state index contributed by atoms with van der Waals surface area (Å²) in [6.07, 6.45) is 1.96. The first-order valence-electron chi connectivity index (χ1n) is 10.9. The Morgan fingerprint density at radius 1 is 1.09 bits per heavy atom. The van der Waals surface area contributed by atoms with Gasteiger partial charge in [-0.25, -0.2) is 13.1 Å². The smallest absolute Gasteiger partial charge is 0.255 e. The van der Waals surface area contributed by atoms with E-state index in [1.807, 2.05) is 13.8 Å². The minimum Gasteiger partial charge on any atom is -0.497 e. The largest absolute Gasteiger partial charge is 0.497 e. The van der Waals surface area contributed by atoms with Crippen LogP contribution in [0.2, 0.25) is 0 Å². The number of carbonyl (C=O) groups is 1. The van der Waals surface area contributed by atoms with Gasteiger partial charge in [-0.2, -0.15) is 0 Å². The van der Waals surface area contributed by atoms with E-state index in [0.717, 1.165) is 31.5 Å². The maximum Gasteiger partial charge on any atom is 0.255 e. The molecule has 0 unspecified atom stereocenters. The van der Waals surface area contributed by atoms with Crippen molar-refractivity contribution >= 4 is 21.6 Å². The molecular weight excluding hydrogens is 426 g/mol. The number of anilines is 1. The monoisotopic (exact) mass is 459 g/mol. The van der Waals surface area contributed by atoms with Crippen LogP contribution in [-0.2, 0) is 10.0 Å². The molecule has 0 radical (unpaired) electrons. The van der Waals surface area contributed by atoms with Crippen LogP contribution >= 0.6 is 0 Å². The highest BCUT2D eigenvalue weighted by molar-refractivity contribution is 7.89. The molecule has 2 N–H and O–H groups in total. The van der Waals surface area contributed by atoms with E-state index in [2.05, 4.69) is 22.0 Å². The fourth-order valence-electron chi connectivity index (χ4n) is 4.09. The number of methoxy groups -OCH3 is 1. The van der Waals surface area contributed by atoms with E-state index in [-0.39, 0.29) is 16.8 Å². The quantitative estimate of drug-likeness (QED) is 0.661. The molecular formula is C24H33N3O4S. The standard InChI is InChI=1S/C24H33N3O4S/c1-16-14-20(31-5)6-8-22(16)24(28)25-23-9-7-21(15-17(23)2)32(29,30)26-18(3)19-10-12-27(4)13-11-19/h6-9,14-15,18-19,26H,10-13H2,1-5H3,(H,25,28)/t18-/m1/s1. The second-order valence-corrected chi connectivity index (χ2v) is 10.4. The molecule has 2 aromatic carbocycles. The number of piperidine rings is 1. The zero-order valence-electron chi connectivity index (χ0n) is 19.4. The molecule has 1 heterocycles. The van der Waals surface area contributed by atoms with Gasteiger partial charge in [-0.15, -0.1) is 0 Å². The molecule has 1 amide bonds. The number of likely N-dealkylation sites (tertiary alicyclic amines) is 1. The normalized spacial score (nSPS) is 16.5. The Morgan fingerprint density at radius 2 is 1.78 bits per heavy atom. The number of amides is 1. The van der Waals surface area contributed by atoms with Crippen LogP contribution in [-0.4, -0.2) is 52.5 Å². The number of aryl methyl sites for hydroxylation is 2. The summed E-state index contributed by atoms with van der Waals surface area (Å²) in [4.78, 5) is 15.2. The highest BCUT2D eigenvalue weighted by Crippen LogP contribution is 2.24. The lowest BCUT2D eigenvalue weighted by Gasteiger charge is -2.32. The van der Waals surface area contributed by atoms with Crippen molar-refractivity contribution in [3.63, 3.8) is 0 Å². The molecule has 1 aliphatic heterocycles. The van der Waals surface area contributed by atoms with Gasteiger partial charge in [-0.1, -0.05) is 0 Å². The summed E-state index contributed by atoms with van der Waals surface area (Å²) in [6, 6.07) is 9.89. The van der Waals surface area contributed by atoms with Crippen LogP contribution < -0.4 is 14.8 Å². The van der Waals surface area contributed by atoms with Gasteiger partial charge in [0.2, 0.25) is 10.0 Å². The summed E-state index contributed by atoms with van der Waals surface area (Å²) in [6.45, 7) is 7.54. The predicted octanol–water partition coefficient (Wildman–Crippen LogP) is 3.57. The minimum atomic E-state index is -3.65. The number of rotatable bonds is 7. The third kappa shape index (κ3) is 5.68. The highest BCUT2D eigenvalue weighted by atomic mass is 32.2. The van der Waals surface area contributed by atoms with Gasteiger partial charge in [0.1, 0.15) is 5.75 Å². The first-order chi connectivity index (χ1) is 15.1. The lowest BCUT2D eigenvalue weighted by molar-refractivity contribution is 0.102. The molecule has 0 saturated carbocycles. The second kappa shape index (κ2) is 10.0. The number of nitrogens with zero attached hydrogens (tertiary/aromatic N) is 1. The van der Waals surface area contributed by atoms with E-state index >= 15 is 0 Å². The van der Waals surface area contributed by atoms with Crippen molar-refractivity contribution in [3.8, 4) is 5.75 Å². The van der Waals surface area contributed by atoms with Gasteiger partial charge in [0.15, 0.2) is 0 Å². The molecule has 174 valence electrons. The van der Waals surface area contributed by atoms with Crippen LogP contribution in [0, 0.1) is 19.8 Å². The summed E-state index contributed by atoms with van der Waals surface area (Å²) in [5.74, 6) is 0.762. The third-order valence-electron chi connectivity index (χ3n) is 6.25. The summed E-state index contributed by atoms with van der Waals surface area (Å²) >= 11 is 0. The number of hydrogen-bond donors (Lipinski definition) is 2. The molecule has 0 aromatic heterocycles. The molecule has 1 saturated heterocycles. The molecule has 1 atom stereocenters. The average molecular weight is 460 g/mol. The molecule has 0 bridgehead atoms. The van der Waals surface area contributed by atoms with Gasteiger partial charge in [-0.05, 0) is 107 Å². The number of ether oxygens (including phenoxy) is 1. The fraction of sp³-hybridized carbons (Fsp3) is 0.458. The first-order valence-corrected chi connectivity index (χ1v) is 12.4. The average Bonchev–Trinajstić information content (AvgIpc) is 2.74. The van der Waals surface area contributed by atoms with Crippen molar-refractivity contribution in [1.29, 1.82) is 0 Å². The Kier molecular flexibility index (Phi) is 7.59. The predicted molar refractivity (Wildman–Crippen MR) is 127 cm³/mol. The summed E-state index contributed by atoms with van der Waals surface area (Å²) in [5.41, 5.74) is 2.59.